The number of fused-ring (bicyclic) bond motifs is 1. The fraction of sp³-hybridized carbons (Fsp3) is 0.269. The van der Waals surface area contributed by atoms with Gasteiger partial charge < -0.3 is 14.8 Å². The van der Waals surface area contributed by atoms with Crippen molar-refractivity contribution in [2.24, 2.45) is 0 Å². The fourth-order valence-corrected chi connectivity index (χ4v) is 5.44. The van der Waals surface area contributed by atoms with E-state index in [1.165, 1.54) is 10.4 Å². The highest BCUT2D eigenvalue weighted by molar-refractivity contribution is 7.92. The lowest BCUT2D eigenvalue weighted by atomic mass is 10.1. The summed E-state index contributed by atoms with van der Waals surface area (Å²) in [6.07, 6.45) is -0.298. The molecule has 0 saturated carbocycles. The normalized spacial score (nSPS) is 15.2. The van der Waals surface area contributed by atoms with Gasteiger partial charge in [-0.15, -0.1) is 0 Å². The smallest absolute Gasteiger partial charge is 0.264 e. The van der Waals surface area contributed by atoms with Gasteiger partial charge in [0.05, 0.1) is 23.7 Å². The molecule has 3 aromatic rings. The fourth-order valence-electron chi connectivity index (χ4n) is 3.88. The third-order valence-electron chi connectivity index (χ3n) is 5.62. The summed E-state index contributed by atoms with van der Waals surface area (Å²) < 4.78 is 40.0. The SMILES string of the molecule is CCOc1ccc(S(=O)(=O)N2C[C@@H](C(=O)NCCc3ccccc3)Oc3ccccc32)cc1C. The van der Waals surface area contributed by atoms with Gasteiger partial charge in [0.2, 0.25) is 0 Å². The first kappa shape index (κ1) is 23.6. The van der Waals surface area contributed by atoms with Crippen molar-refractivity contribution >= 4 is 21.6 Å². The largest absolute Gasteiger partial charge is 0.494 e. The molecule has 0 spiro atoms. The maximum atomic E-state index is 13.6. The van der Waals surface area contributed by atoms with Crippen molar-refractivity contribution < 1.29 is 22.7 Å². The zero-order valence-corrected chi connectivity index (χ0v) is 20.0. The van der Waals surface area contributed by atoms with Crippen LogP contribution in [0.1, 0.15) is 18.1 Å². The van der Waals surface area contributed by atoms with Gasteiger partial charge >= 0.3 is 0 Å². The number of anilines is 1. The minimum absolute atomic E-state index is 0.122. The minimum Gasteiger partial charge on any atom is -0.494 e. The number of para-hydroxylation sites is 2. The van der Waals surface area contributed by atoms with E-state index in [2.05, 4.69) is 5.32 Å². The minimum atomic E-state index is -3.94. The number of nitrogens with zero attached hydrogens (tertiary/aromatic N) is 1. The number of hydrogen-bond donors (Lipinski definition) is 1. The van der Waals surface area contributed by atoms with Crippen LogP contribution in [0, 0.1) is 6.92 Å². The van der Waals surface area contributed by atoms with Crippen molar-refractivity contribution in [2.45, 2.75) is 31.3 Å². The molecule has 0 aromatic heterocycles. The van der Waals surface area contributed by atoms with E-state index in [9.17, 15) is 13.2 Å². The van der Waals surface area contributed by atoms with Crippen molar-refractivity contribution in [2.75, 3.05) is 24.0 Å². The zero-order chi connectivity index (χ0) is 24.1. The summed E-state index contributed by atoms with van der Waals surface area (Å²) in [5, 5.41) is 2.87. The maximum absolute atomic E-state index is 13.6. The molecule has 0 aliphatic carbocycles. The molecule has 4 rings (SSSR count). The summed E-state index contributed by atoms with van der Waals surface area (Å²) in [5.74, 6) is 0.635. The number of aryl methyl sites for hydroxylation is 1. The monoisotopic (exact) mass is 480 g/mol. The van der Waals surface area contributed by atoms with Crippen molar-refractivity contribution in [3.63, 3.8) is 0 Å². The highest BCUT2D eigenvalue weighted by Gasteiger charge is 2.37. The molecule has 1 aliphatic heterocycles. The molecular formula is C26H28N2O5S. The first-order chi connectivity index (χ1) is 16.4. The van der Waals surface area contributed by atoms with E-state index in [1.807, 2.05) is 37.3 Å². The molecule has 34 heavy (non-hydrogen) atoms. The van der Waals surface area contributed by atoms with Crippen LogP contribution in [-0.4, -0.2) is 40.1 Å². The van der Waals surface area contributed by atoms with Gasteiger partial charge in [-0.1, -0.05) is 42.5 Å². The summed E-state index contributed by atoms with van der Waals surface area (Å²) in [6, 6.07) is 21.4. The number of hydrogen-bond acceptors (Lipinski definition) is 5. The number of ether oxygens (including phenoxy) is 2. The van der Waals surface area contributed by atoms with Gasteiger partial charge in [0.1, 0.15) is 11.5 Å². The van der Waals surface area contributed by atoms with Crippen LogP contribution in [0.5, 0.6) is 11.5 Å². The quantitative estimate of drug-likeness (QED) is 0.531. The van der Waals surface area contributed by atoms with E-state index in [0.717, 1.165) is 11.1 Å². The van der Waals surface area contributed by atoms with E-state index < -0.39 is 16.1 Å². The Labute approximate surface area is 200 Å². The predicted molar refractivity (Wildman–Crippen MR) is 131 cm³/mol. The van der Waals surface area contributed by atoms with Gasteiger partial charge in [-0.05, 0) is 61.7 Å². The third-order valence-corrected chi connectivity index (χ3v) is 7.39. The van der Waals surface area contributed by atoms with Gasteiger partial charge in [-0.25, -0.2) is 8.42 Å². The van der Waals surface area contributed by atoms with Crippen LogP contribution in [0.15, 0.2) is 77.7 Å². The van der Waals surface area contributed by atoms with Crippen LogP contribution >= 0.6 is 0 Å². The van der Waals surface area contributed by atoms with Crippen LogP contribution < -0.4 is 19.1 Å². The predicted octanol–water partition coefficient (Wildman–Crippen LogP) is 3.71. The summed E-state index contributed by atoms with van der Waals surface area (Å²) in [7, 11) is -3.94. The van der Waals surface area contributed by atoms with Crippen molar-refractivity contribution in [1.29, 1.82) is 0 Å². The van der Waals surface area contributed by atoms with E-state index in [-0.39, 0.29) is 17.3 Å². The van der Waals surface area contributed by atoms with Crippen LogP contribution in [0.3, 0.4) is 0 Å². The standard InChI is InChI=1S/C26H28N2O5S/c1-3-32-23-14-13-21(17-19(23)2)34(30,31)28-18-25(33-24-12-8-7-11-22(24)28)26(29)27-16-15-20-9-5-4-6-10-20/h4-14,17,25H,3,15-16,18H2,1-2H3,(H,27,29)/t25-/m0/s1. The first-order valence-corrected chi connectivity index (χ1v) is 12.7. The number of nitrogens with one attached hydrogen (secondary N) is 1. The Bertz CT molecular complexity index is 1260. The Morgan fingerprint density at radius 3 is 2.56 bits per heavy atom. The van der Waals surface area contributed by atoms with Gasteiger partial charge in [-0.2, -0.15) is 0 Å². The van der Waals surface area contributed by atoms with Gasteiger partial charge in [0.15, 0.2) is 6.10 Å². The number of sulfonamides is 1. The summed E-state index contributed by atoms with van der Waals surface area (Å²) in [5.41, 5.74) is 2.23. The Morgan fingerprint density at radius 2 is 1.82 bits per heavy atom. The average molecular weight is 481 g/mol. The van der Waals surface area contributed by atoms with Crippen molar-refractivity contribution in [1.82, 2.24) is 5.32 Å². The van der Waals surface area contributed by atoms with Crippen molar-refractivity contribution in [3.05, 3.63) is 83.9 Å². The number of carbonyl (C=O) groups is 1. The molecule has 0 radical (unpaired) electrons. The van der Waals surface area contributed by atoms with Crippen LogP contribution in [-0.2, 0) is 21.2 Å². The van der Waals surface area contributed by atoms with Gasteiger partial charge in [0, 0.05) is 6.54 Å². The number of amides is 1. The molecule has 0 saturated heterocycles. The highest BCUT2D eigenvalue weighted by atomic mass is 32.2. The summed E-state index contributed by atoms with van der Waals surface area (Å²) >= 11 is 0. The lowest BCUT2D eigenvalue weighted by Crippen LogP contribution is -2.51. The maximum Gasteiger partial charge on any atom is 0.264 e. The summed E-state index contributed by atoms with van der Waals surface area (Å²) in [4.78, 5) is 13.0. The lowest BCUT2D eigenvalue weighted by molar-refractivity contribution is -0.127. The summed E-state index contributed by atoms with van der Waals surface area (Å²) in [6.45, 7) is 4.48. The molecule has 178 valence electrons. The molecule has 0 unspecified atom stereocenters. The second kappa shape index (κ2) is 10.2. The molecule has 1 amide bonds. The Hall–Kier alpha value is -3.52. The van der Waals surface area contributed by atoms with Crippen LogP contribution in [0.2, 0.25) is 0 Å². The van der Waals surface area contributed by atoms with Gasteiger partial charge in [-0.3, -0.25) is 9.10 Å². The van der Waals surface area contributed by atoms with Gasteiger partial charge in [0.25, 0.3) is 15.9 Å². The topological polar surface area (TPSA) is 84.9 Å². The molecule has 3 aromatic carbocycles. The molecule has 0 fully saturated rings. The molecule has 8 heteroatoms. The Kier molecular flexibility index (Phi) is 7.07. The second-order valence-corrected chi connectivity index (χ2v) is 9.86. The molecule has 1 atom stereocenters. The number of carbonyl (C=O) groups excluding carboxylic acids is 1. The molecule has 1 aliphatic rings. The number of rotatable bonds is 8. The average Bonchev–Trinajstić information content (AvgIpc) is 2.85. The molecular weight excluding hydrogens is 452 g/mol. The Balaban J connectivity index is 1.55. The van der Waals surface area contributed by atoms with E-state index in [1.54, 1.807) is 43.3 Å². The zero-order valence-electron chi connectivity index (χ0n) is 19.2. The lowest BCUT2D eigenvalue weighted by Gasteiger charge is -2.34. The van der Waals surface area contributed by atoms with E-state index in [0.29, 0.717) is 36.8 Å². The number of benzene rings is 3. The van der Waals surface area contributed by atoms with Crippen LogP contribution in [0.25, 0.3) is 0 Å². The molecule has 7 nitrogen and oxygen atoms in total. The first-order valence-electron chi connectivity index (χ1n) is 11.2. The molecule has 0 bridgehead atoms. The third kappa shape index (κ3) is 5.02. The Morgan fingerprint density at radius 1 is 1.09 bits per heavy atom. The second-order valence-electron chi connectivity index (χ2n) is 8.00. The van der Waals surface area contributed by atoms with E-state index in [4.69, 9.17) is 9.47 Å². The molecule has 1 heterocycles. The van der Waals surface area contributed by atoms with E-state index >= 15 is 0 Å². The van der Waals surface area contributed by atoms with Crippen LogP contribution in [0.4, 0.5) is 5.69 Å². The highest BCUT2D eigenvalue weighted by Crippen LogP contribution is 2.37. The molecule has 1 N–H and O–H groups in total. The van der Waals surface area contributed by atoms with Crippen molar-refractivity contribution in [3.8, 4) is 11.5 Å².